The van der Waals surface area contributed by atoms with Gasteiger partial charge < -0.3 is 9.57 Å². The van der Waals surface area contributed by atoms with Crippen molar-refractivity contribution in [3.05, 3.63) is 46.8 Å². The first-order valence-electron chi connectivity index (χ1n) is 5.50. The Hall–Kier alpha value is -2.63. The number of benzene rings is 1. The first kappa shape index (κ1) is 12.8. The number of methoxy groups -OCH3 is 1. The van der Waals surface area contributed by atoms with Crippen molar-refractivity contribution in [2.45, 2.75) is 0 Å². The lowest BCUT2D eigenvalue weighted by atomic mass is 10.1. The summed E-state index contributed by atoms with van der Waals surface area (Å²) in [4.78, 5) is 20.6. The number of rotatable bonds is 2. The molecule has 0 spiro atoms. The normalized spacial score (nSPS) is 19.4. The van der Waals surface area contributed by atoms with Crippen LogP contribution in [0.25, 0.3) is 6.08 Å². The van der Waals surface area contributed by atoms with Gasteiger partial charge >= 0.3 is 5.71 Å². The largest absolute Gasteiger partial charge is 0.476 e. The molecule has 6 heteroatoms. The number of nitrogens with zero attached hydrogens (tertiary/aromatic N) is 2. The number of aliphatic imine (C=N–C) groups is 1. The molecule has 0 N–H and O–H groups in total. The van der Waals surface area contributed by atoms with Crippen LogP contribution in [0.1, 0.15) is 5.56 Å². The Labute approximate surface area is 109 Å². The first-order valence-corrected chi connectivity index (χ1v) is 5.50. The number of hydrogen-bond acceptors (Lipinski definition) is 5. The van der Waals surface area contributed by atoms with Gasteiger partial charge in [-0.05, 0) is 11.6 Å². The number of hydrogen-bond donors (Lipinski definition) is 0. The summed E-state index contributed by atoms with van der Waals surface area (Å²) in [5, 5.41) is 11.4. The van der Waals surface area contributed by atoms with Crippen molar-refractivity contribution in [3.63, 3.8) is 0 Å². The summed E-state index contributed by atoms with van der Waals surface area (Å²) in [6.07, 6.45) is 1.58. The van der Waals surface area contributed by atoms with Gasteiger partial charge in [-0.15, -0.1) is 0 Å². The van der Waals surface area contributed by atoms with Gasteiger partial charge in [0.15, 0.2) is 0 Å². The van der Waals surface area contributed by atoms with E-state index in [1.165, 1.54) is 14.2 Å². The van der Waals surface area contributed by atoms with Crippen molar-refractivity contribution in [2.24, 2.45) is 4.99 Å². The molecule has 1 heterocycles. The fourth-order valence-electron chi connectivity index (χ4n) is 1.63. The first-order chi connectivity index (χ1) is 9.17. The van der Waals surface area contributed by atoms with E-state index < -0.39 is 5.78 Å². The average Bonchev–Trinajstić information content (AvgIpc) is 2.76. The third-order valence-corrected chi connectivity index (χ3v) is 2.52. The standard InChI is InChI=1S/C13H12N2O4/c1-18-13-11(15(17)19-2)12(16)10(14-13)8-9-6-4-3-5-7-9/h3-8H,1-2H3/b10-8-,15-11+. The summed E-state index contributed by atoms with van der Waals surface area (Å²) in [5.41, 5.74) is 0.685. The van der Waals surface area contributed by atoms with Gasteiger partial charge in [-0.1, -0.05) is 30.3 Å². The van der Waals surface area contributed by atoms with Crippen LogP contribution in [-0.4, -0.2) is 36.5 Å². The molecule has 1 aliphatic heterocycles. The topological polar surface area (TPSA) is 74.0 Å². The van der Waals surface area contributed by atoms with E-state index >= 15 is 0 Å². The average molecular weight is 260 g/mol. The number of allylic oxidation sites excluding steroid dienone is 1. The van der Waals surface area contributed by atoms with E-state index in [2.05, 4.69) is 9.83 Å². The Balaban J connectivity index is 2.44. The minimum Gasteiger partial charge on any atom is -0.476 e. The van der Waals surface area contributed by atoms with Gasteiger partial charge in [0.25, 0.3) is 11.7 Å². The highest BCUT2D eigenvalue weighted by Crippen LogP contribution is 2.16. The molecule has 6 nitrogen and oxygen atoms in total. The Morgan fingerprint density at radius 2 is 1.95 bits per heavy atom. The van der Waals surface area contributed by atoms with Crippen LogP contribution in [-0.2, 0) is 14.4 Å². The molecule has 1 aromatic carbocycles. The maximum absolute atomic E-state index is 12.1. The predicted octanol–water partition coefficient (Wildman–Crippen LogP) is 1.17. The second-order valence-electron chi connectivity index (χ2n) is 3.68. The molecule has 0 fully saturated rings. The zero-order chi connectivity index (χ0) is 13.8. The van der Waals surface area contributed by atoms with Crippen LogP contribution in [0.5, 0.6) is 0 Å². The SMILES string of the molecule is COC1=NC(=C\c2ccccc2)/C(=O)/C1=[N+](/[O-])OC. The number of ether oxygens (including phenoxy) is 1. The number of ketones is 1. The number of carbonyl (C=O) groups excluding carboxylic acids is 1. The lowest BCUT2D eigenvalue weighted by Crippen LogP contribution is -2.28. The summed E-state index contributed by atoms with van der Waals surface area (Å²) in [5.74, 6) is -0.582. The molecule has 1 aromatic rings. The molecule has 0 atom stereocenters. The highest BCUT2D eigenvalue weighted by atomic mass is 16.9. The molecule has 1 aliphatic rings. The lowest BCUT2D eigenvalue weighted by molar-refractivity contribution is -0.731. The summed E-state index contributed by atoms with van der Waals surface area (Å²) >= 11 is 0. The highest BCUT2D eigenvalue weighted by molar-refractivity contribution is 6.70. The van der Waals surface area contributed by atoms with E-state index in [1.54, 1.807) is 6.08 Å². The second-order valence-corrected chi connectivity index (χ2v) is 3.68. The van der Waals surface area contributed by atoms with Gasteiger partial charge in [0.05, 0.1) is 12.0 Å². The van der Waals surface area contributed by atoms with E-state index in [4.69, 9.17) is 4.74 Å². The minimum atomic E-state index is -0.530. The third kappa shape index (κ3) is 2.47. The molecule has 0 saturated heterocycles. The Kier molecular flexibility index (Phi) is 3.61. The molecule has 19 heavy (non-hydrogen) atoms. The van der Waals surface area contributed by atoms with E-state index in [9.17, 15) is 10.0 Å². The maximum atomic E-state index is 12.1. The quantitative estimate of drug-likeness (QED) is 0.454. The van der Waals surface area contributed by atoms with E-state index in [0.29, 0.717) is 0 Å². The molecule has 2 rings (SSSR count). The van der Waals surface area contributed by atoms with E-state index in [-0.39, 0.29) is 22.2 Å². The van der Waals surface area contributed by atoms with Crippen LogP contribution in [0.15, 0.2) is 41.0 Å². The summed E-state index contributed by atoms with van der Waals surface area (Å²) in [7, 11) is 2.50. The van der Waals surface area contributed by atoms with Crippen LogP contribution >= 0.6 is 0 Å². The van der Waals surface area contributed by atoms with Gasteiger partial charge in [-0.2, -0.15) is 0 Å². The van der Waals surface area contributed by atoms with Crippen LogP contribution in [0.2, 0.25) is 0 Å². The van der Waals surface area contributed by atoms with Crippen molar-refractivity contribution < 1.29 is 19.3 Å². The second kappa shape index (κ2) is 5.34. The fourth-order valence-corrected chi connectivity index (χ4v) is 1.63. The van der Waals surface area contributed by atoms with Crippen molar-refractivity contribution >= 4 is 23.5 Å². The van der Waals surface area contributed by atoms with Gasteiger partial charge in [0, 0.05) is 7.11 Å². The molecular weight excluding hydrogens is 248 g/mol. The van der Waals surface area contributed by atoms with Gasteiger partial charge in [-0.3, -0.25) is 10.0 Å². The minimum absolute atomic E-state index is 0.0518. The Bertz CT molecular complexity index is 588. The maximum Gasteiger partial charge on any atom is 0.378 e. The zero-order valence-corrected chi connectivity index (χ0v) is 10.5. The van der Waals surface area contributed by atoms with Crippen LogP contribution in [0.3, 0.4) is 0 Å². The number of carbonyl (C=O) groups is 1. The van der Waals surface area contributed by atoms with Crippen molar-refractivity contribution in [2.75, 3.05) is 14.2 Å². The highest BCUT2D eigenvalue weighted by Gasteiger charge is 2.39. The smallest absolute Gasteiger partial charge is 0.378 e. The van der Waals surface area contributed by atoms with Gasteiger partial charge in [-0.25, -0.2) is 4.99 Å². The molecular formula is C13H12N2O4. The van der Waals surface area contributed by atoms with Crippen LogP contribution in [0.4, 0.5) is 0 Å². The number of Topliss-reactive ketones (excluding diaryl/α,β-unsaturated/α-hetero) is 1. The molecule has 0 radical (unpaired) electrons. The van der Waals surface area contributed by atoms with Crippen molar-refractivity contribution in [1.82, 2.24) is 0 Å². The Morgan fingerprint density at radius 1 is 1.26 bits per heavy atom. The molecule has 0 aromatic heterocycles. The molecule has 0 aliphatic carbocycles. The van der Waals surface area contributed by atoms with E-state index in [1.807, 2.05) is 30.3 Å². The van der Waals surface area contributed by atoms with Crippen molar-refractivity contribution in [1.29, 1.82) is 0 Å². The fraction of sp³-hybridized carbons (Fsp3) is 0.154. The lowest BCUT2D eigenvalue weighted by Gasteiger charge is -1.99. The van der Waals surface area contributed by atoms with Crippen molar-refractivity contribution in [3.8, 4) is 0 Å². The molecule has 0 saturated carbocycles. The third-order valence-electron chi connectivity index (χ3n) is 2.52. The van der Waals surface area contributed by atoms with Crippen LogP contribution in [0, 0.1) is 5.21 Å². The summed E-state index contributed by atoms with van der Waals surface area (Å²) < 4.78 is 4.91. The predicted molar refractivity (Wildman–Crippen MR) is 69.5 cm³/mol. The van der Waals surface area contributed by atoms with Gasteiger partial charge in [0.2, 0.25) is 0 Å². The summed E-state index contributed by atoms with van der Waals surface area (Å²) in [6.45, 7) is 0. The van der Waals surface area contributed by atoms with E-state index in [0.717, 1.165) is 5.56 Å². The molecule has 0 amide bonds. The molecule has 0 bridgehead atoms. The Morgan fingerprint density at radius 3 is 2.53 bits per heavy atom. The van der Waals surface area contributed by atoms with Gasteiger partial charge in [0.1, 0.15) is 5.70 Å². The summed E-state index contributed by atoms with van der Waals surface area (Å²) in [6, 6.07) is 9.19. The molecule has 98 valence electrons. The molecule has 0 unspecified atom stereocenters. The monoisotopic (exact) mass is 260 g/mol. The zero-order valence-electron chi connectivity index (χ0n) is 10.5. The van der Waals surface area contributed by atoms with Crippen LogP contribution < -0.4 is 0 Å².